The number of benzene rings is 1. The molecule has 0 aliphatic carbocycles. The average molecular weight is 367 g/mol. The van der Waals surface area contributed by atoms with Gasteiger partial charge in [-0.1, -0.05) is 18.9 Å². The lowest BCUT2D eigenvalue weighted by Crippen LogP contribution is -2.36. The van der Waals surface area contributed by atoms with Crippen molar-refractivity contribution in [1.82, 2.24) is 9.80 Å². The summed E-state index contributed by atoms with van der Waals surface area (Å²) in [5.41, 5.74) is 1.09. The van der Waals surface area contributed by atoms with Crippen LogP contribution in [-0.2, 0) is 6.54 Å². The van der Waals surface area contributed by atoms with E-state index in [0.29, 0.717) is 24.6 Å². The lowest BCUT2D eigenvalue weighted by molar-refractivity contribution is 0.0683. The van der Waals surface area contributed by atoms with Crippen molar-refractivity contribution in [3.8, 4) is 11.5 Å². The molecule has 1 saturated heterocycles. The highest BCUT2D eigenvalue weighted by atomic mass is 16.5. The van der Waals surface area contributed by atoms with Crippen LogP contribution in [0, 0.1) is 0 Å². The van der Waals surface area contributed by atoms with Crippen molar-refractivity contribution in [3.63, 3.8) is 0 Å². The Hall–Kier alpha value is -1.34. The van der Waals surface area contributed by atoms with Gasteiger partial charge in [-0.15, -0.1) is 0 Å². The molecule has 1 unspecified atom stereocenters. The van der Waals surface area contributed by atoms with Crippen LogP contribution in [0.3, 0.4) is 0 Å². The molecule has 1 fully saturated rings. The summed E-state index contributed by atoms with van der Waals surface area (Å²) < 4.78 is 11.3. The van der Waals surface area contributed by atoms with Crippen LogP contribution in [0.4, 0.5) is 0 Å². The fourth-order valence-corrected chi connectivity index (χ4v) is 3.35. The van der Waals surface area contributed by atoms with Gasteiger partial charge in [0.2, 0.25) is 0 Å². The first-order valence-electron chi connectivity index (χ1n) is 9.62. The largest absolute Gasteiger partial charge is 0.493 e. The molecule has 2 N–H and O–H groups in total. The highest BCUT2D eigenvalue weighted by molar-refractivity contribution is 5.43. The van der Waals surface area contributed by atoms with Gasteiger partial charge in [0.1, 0.15) is 12.7 Å². The maximum Gasteiger partial charge on any atom is 0.161 e. The summed E-state index contributed by atoms with van der Waals surface area (Å²) in [6.07, 6.45) is 4.51. The Morgan fingerprint density at radius 3 is 2.54 bits per heavy atom. The predicted molar refractivity (Wildman–Crippen MR) is 103 cm³/mol. The van der Waals surface area contributed by atoms with Crippen LogP contribution in [-0.4, -0.2) is 79.7 Å². The van der Waals surface area contributed by atoms with Gasteiger partial charge in [0.15, 0.2) is 11.5 Å². The number of hydrogen-bond donors (Lipinski definition) is 2. The van der Waals surface area contributed by atoms with Crippen LogP contribution >= 0.6 is 0 Å². The van der Waals surface area contributed by atoms with Crippen molar-refractivity contribution in [2.24, 2.45) is 0 Å². The van der Waals surface area contributed by atoms with E-state index >= 15 is 0 Å². The number of rotatable bonds is 10. The second-order valence-electron chi connectivity index (χ2n) is 7.13. The summed E-state index contributed by atoms with van der Waals surface area (Å²) in [7, 11) is 3.59. The number of methoxy groups -OCH3 is 1. The van der Waals surface area contributed by atoms with E-state index in [-0.39, 0.29) is 13.2 Å². The zero-order valence-corrected chi connectivity index (χ0v) is 16.2. The van der Waals surface area contributed by atoms with Gasteiger partial charge in [-0.2, -0.15) is 0 Å². The van der Waals surface area contributed by atoms with Crippen LogP contribution in [0.1, 0.15) is 31.2 Å². The van der Waals surface area contributed by atoms with Gasteiger partial charge in [0.05, 0.1) is 13.7 Å². The van der Waals surface area contributed by atoms with Crippen molar-refractivity contribution >= 4 is 0 Å². The third kappa shape index (κ3) is 7.11. The summed E-state index contributed by atoms with van der Waals surface area (Å²) in [6.45, 7) is 4.55. The van der Waals surface area contributed by atoms with Crippen LogP contribution < -0.4 is 9.47 Å². The van der Waals surface area contributed by atoms with Gasteiger partial charge in [0.25, 0.3) is 0 Å². The standard InChI is InChI=1S/C20H34N2O4/c1-21(11-12-23)14-17-7-8-19(20(13-17)25-2)26-16-18(24)15-22-9-5-3-4-6-10-22/h7-8,13,18,23-24H,3-6,9-12,14-16H2,1-2H3. The maximum absolute atomic E-state index is 10.3. The van der Waals surface area contributed by atoms with Gasteiger partial charge < -0.3 is 24.6 Å². The van der Waals surface area contributed by atoms with E-state index in [0.717, 1.165) is 25.2 Å². The molecule has 6 heteroatoms. The summed E-state index contributed by atoms with van der Waals surface area (Å²) in [4.78, 5) is 4.37. The Morgan fingerprint density at radius 1 is 1.15 bits per heavy atom. The molecule has 1 heterocycles. The van der Waals surface area contributed by atoms with E-state index in [1.807, 2.05) is 30.1 Å². The fraction of sp³-hybridized carbons (Fsp3) is 0.700. The highest BCUT2D eigenvalue weighted by Gasteiger charge is 2.15. The maximum atomic E-state index is 10.3. The number of aliphatic hydroxyl groups excluding tert-OH is 2. The van der Waals surface area contributed by atoms with Crippen LogP contribution in [0.2, 0.25) is 0 Å². The van der Waals surface area contributed by atoms with E-state index in [2.05, 4.69) is 4.90 Å². The molecular weight excluding hydrogens is 332 g/mol. The molecule has 0 radical (unpaired) electrons. The topological polar surface area (TPSA) is 65.4 Å². The normalized spacial score (nSPS) is 17.1. The van der Waals surface area contributed by atoms with E-state index in [9.17, 15) is 5.11 Å². The smallest absolute Gasteiger partial charge is 0.161 e. The molecule has 1 aromatic rings. The molecule has 2 rings (SSSR count). The van der Waals surface area contributed by atoms with Gasteiger partial charge in [-0.3, -0.25) is 4.90 Å². The minimum atomic E-state index is -0.506. The molecule has 1 aromatic carbocycles. The minimum absolute atomic E-state index is 0.143. The third-order valence-electron chi connectivity index (χ3n) is 4.76. The van der Waals surface area contributed by atoms with E-state index < -0.39 is 6.10 Å². The second kappa shape index (κ2) is 11.4. The molecule has 26 heavy (non-hydrogen) atoms. The monoisotopic (exact) mass is 366 g/mol. The first kappa shape index (κ1) is 21.0. The molecule has 0 spiro atoms. The second-order valence-corrected chi connectivity index (χ2v) is 7.13. The zero-order valence-electron chi connectivity index (χ0n) is 16.2. The minimum Gasteiger partial charge on any atom is -0.493 e. The highest BCUT2D eigenvalue weighted by Crippen LogP contribution is 2.28. The SMILES string of the molecule is COc1cc(CN(C)CCO)ccc1OCC(O)CN1CCCCCC1. The number of likely N-dealkylation sites (tertiary alicyclic amines) is 1. The van der Waals surface area contributed by atoms with Crippen molar-refractivity contribution < 1.29 is 19.7 Å². The molecule has 1 atom stereocenters. The van der Waals surface area contributed by atoms with Crippen LogP contribution in [0.25, 0.3) is 0 Å². The number of nitrogens with zero attached hydrogens (tertiary/aromatic N) is 2. The first-order valence-corrected chi connectivity index (χ1v) is 9.62. The van der Waals surface area contributed by atoms with Crippen LogP contribution in [0.5, 0.6) is 11.5 Å². The van der Waals surface area contributed by atoms with E-state index in [1.165, 1.54) is 25.7 Å². The first-order chi connectivity index (χ1) is 12.6. The quantitative estimate of drug-likeness (QED) is 0.658. The fourth-order valence-electron chi connectivity index (χ4n) is 3.35. The molecule has 1 aliphatic rings. The van der Waals surface area contributed by atoms with Gasteiger partial charge in [-0.25, -0.2) is 0 Å². The Morgan fingerprint density at radius 2 is 1.88 bits per heavy atom. The van der Waals surface area contributed by atoms with Crippen molar-refractivity contribution in [2.75, 3.05) is 53.6 Å². The predicted octanol–water partition coefficient (Wildman–Crippen LogP) is 1.74. The Bertz CT molecular complexity index is 519. The number of β-amino-alcohol motifs (C(OH)–C–C–N with tert-alkyl or cyclic N) is 1. The van der Waals surface area contributed by atoms with Gasteiger partial charge >= 0.3 is 0 Å². The van der Waals surface area contributed by atoms with Crippen molar-refractivity contribution in [1.29, 1.82) is 0 Å². The molecule has 1 aliphatic heterocycles. The van der Waals surface area contributed by atoms with Gasteiger partial charge in [0, 0.05) is 19.6 Å². The van der Waals surface area contributed by atoms with Crippen molar-refractivity contribution in [2.45, 2.75) is 38.3 Å². The third-order valence-corrected chi connectivity index (χ3v) is 4.76. The average Bonchev–Trinajstić information content (AvgIpc) is 2.89. The lowest BCUT2D eigenvalue weighted by Gasteiger charge is -2.23. The zero-order chi connectivity index (χ0) is 18.8. The van der Waals surface area contributed by atoms with Crippen molar-refractivity contribution in [3.05, 3.63) is 23.8 Å². The van der Waals surface area contributed by atoms with E-state index in [1.54, 1.807) is 7.11 Å². The van der Waals surface area contributed by atoms with Gasteiger partial charge in [-0.05, 0) is 50.7 Å². The Balaban J connectivity index is 1.85. The molecule has 148 valence electrons. The molecule has 0 saturated carbocycles. The summed E-state index contributed by atoms with van der Waals surface area (Å²) in [5.74, 6) is 1.32. The summed E-state index contributed by atoms with van der Waals surface area (Å²) in [5, 5.41) is 19.3. The lowest BCUT2D eigenvalue weighted by atomic mass is 10.2. The summed E-state index contributed by atoms with van der Waals surface area (Å²) >= 11 is 0. The molecule has 0 aromatic heterocycles. The molecule has 0 bridgehead atoms. The van der Waals surface area contributed by atoms with E-state index in [4.69, 9.17) is 14.6 Å². The Labute approximate surface area is 157 Å². The molecule has 0 amide bonds. The number of hydrogen-bond acceptors (Lipinski definition) is 6. The van der Waals surface area contributed by atoms with Crippen LogP contribution in [0.15, 0.2) is 18.2 Å². The molecule has 6 nitrogen and oxygen atoms in total. The summed E-state index contributed by atoms with van der Waals surface area (Å²) in [6, 6.07) is 5.83. The number of aliphatic hydroxyl groups is 2. The number of likely N-dealkylation sites (N-methyl/N-ethyl adjacent to an activating group) is 1. The molecular formula is C20H34N2O4. The number of ether oxygens (including phenoxy) is 2. The Kier molecular flexibility index (Phi) is 9.18.